The van der Waals surface area contributed by atoms with E-state index in [1.807, 2.05) is 13.8 Å². The highest BCUT2D eigenvalue weighted by atomic mass is 32.2. The lowest BCUT2D eigenvalue weighted by Crippen LogP contribution is -2.53. The minimum absolute atomic E-state index is 0.00122. The standard InChI is InChI=1S/C33H40FN3O5S/c1-4-29(33(39)35-27-10-6-7-11-27)36(22-25-16-18-26(34)19-17-25)32(38)23-37(30-12-8-9-13-31(30)42-5-2)43(40,41)28-20-14-24(3)15-21-28/h8-9,12-21,27,29H,4-7,10-11,22-23H2,1-3H3,(H,35,39)/t29-/m1/s1. The maximum Gasteiger partial charge on any atom is 0.264 e. The number of nitrogens with zero attached hydrogens (tertiary/aromatic N) is 2. The lowest BCUT2D eigenvalue weighted by Gasteiger charge is -2.34. The van der Waals surface area contributed by atoms with E-state index in [0.29, 0.717) is 24.3 Å². The summed E-state index contributed by atoms with van der Waals surface area (Å²) in [6, 6.07) is 18.0. The van der Waals surface area contributed by atoms with Crippen LogP contribution >= 0.6 is 0 Å². The molecule has 1 aliphatic rings. The number of sulfonamides is 1. The molecule has 0 radical (unpaired) electrons. The number of halogens is 1. The maximum atomic E-state index is 14.3. The van der Waals surface area contributed by atoms with Gasteiger partial charge in [0.2, 0.25) is 11.8 Å². The third kappa shape index (κ3) is 7.93. The highest BCUT2D eigenvalue weighted by Crippen LogP contribution is 2.33. The molecule has 43 heavy (non-hydrogen) atoms. The summed E-state index contributed by atoms with van der Waals surface area (Å²) in [5, 5.41) is 3.09. The van der Waals surface area contributed by atoms with Gasteiger partial charge >= 0.3 is 0 Å². The van der Waals surface area contributed by atoms with Gasteiger partial charge in [-0.2, -0.15) is 0 Å². The first-order chi connectivity index (χ1) is 20.6. The normalized spacial score (nSPS) is 14.2. The van der Waals surface area contributed by atoms with Gasteiger partial charge < -0.3 is 15.0 Å². The summed E-state index contributed by atoms with van der Waals surface area (Å²) in [4.78, 5) is 29.2. The van der Waals surface area contributed by atoms with Gasteiger partial charge in [-0.25, -0.2) is 12.8 Å². The summed E-state index contributed by atoms with van der Waals surface area (Å²) >= 11 is 0. The molecule has 4 rings (SSSR count). The number of aryl methyl sites for hydroxylation is 1. The van der Waals surface area contributed by atoms with E-state index in [0.717, 1.165) is 35.6 Å². The van der Waals surface area contributed by atoms with Gasteiger partial charge in [0, 0.05) is 12.6 Å². The Hall–Kier alpha value is -3.92. The van der Waals surface area contributed by atoms with Crippen LogP contribution in [0.5, 0.6) is 5.75 Å². The van der Waals surface area contributed by atoms with E-state index in [4.69, 9.17) is 4.74 Å². The van der Waals surface area contributed by atoms with Crippen LogP contribution in [-0.4, -0.2) is 50.4 Å². The van der Waals surface area contributed by atoms with Gasteiger partial charge in [-0.3, -0.25) is 13.9 Å². The molecule has 8 nitrogen and oxygen atoms in total. The Morgan fingerprint density at radius 1 is 0.977 bits per heavy atom. The predicted octanol–water partition coefficient (Wildman–Crippen LogP) is 5.59. The predicted molar refractivity (Wildman–Crippen MR) is 165 cm³/mol. The van der Waals surface area contributed by atoms with E-state index in [2.05, 4.69) is 5.32 Å². The van der Waals surface area contributed by atoms with Gasteiger partial charge in [0.15, 0.2) is 0 Å². The smallest absolute Gasteiger partial charge is 0.264 e. The zero-order valence-corrected chi connectivity index (χ0v) is 25.8. The molecule has 1 aliphatic carbocycles. The number of anilines is 1. The van der Waals surface area contributed by atoms with Crippen LogP contribution in [0.4, 0.5) is 10.1 Å². The van der Waals surface area contributed by atoms with Crippen molar-refractivity contribution in [3.63, 3.8) is 0 Å². The second kappa shape index (κ2) is 14.5. The van der Waals surface area contributed by atoms with E-state index in [-0.39, 0.29) is 29.1 Å². The molecule has 0 bridgehead atoms. The van der Waals surface area contributed by atoms with Crippen molar-refractivity contribution >= 4 is 27.5 Å². The largest absolute Gasteiger partial charge is 0.492 e. The number of nitrogens with one attached hydrogen (secondary N) is 1. The van der Waals surface area contributed by atoms with Crippen molar-refractivity contribution in [1.82, 2.24) is 10.2 Å². The number of para-hydroxylation sites is 2. The van der Waals surface area contributed by atoms with E-state index in [9.17, 15) is 22.4 Å². The van der Waals surface area contributed by atoms with Crippen molar-refractivity contribution in [1.29, 1.82) is 0 Å². The fourth-order valence-electron chi connectivity index (χ4n) is 5.37. The lowest BCUT2D eigenvalue weighted by atomic mass is 10.1. The molecular formula is C33H40FN3O5S. The Morgan fingerprint density at radius 2 is 1.63 bits per heavy atom. The molecule has 1 saturated carbocycles. The molecule has 3 aromatic rings. The fourth-order valence-corrected chi connectivity index (χ4v) is 6.79. The fraction of sp³-hybridized carbons (Fsp3) is 0.394. The minimum atomic E-state index is -4.23. The second-order valence-corrected chi connectivity index (χ2v) is 12.6. The molecule has 0 spiro atoms. The van der Waals surface area contributed by atoms with Crippen molar-refractivity contribution in [2.45, 2.75) is 76.4 Å². The summed E-state index contributed by atoms with van der Waals surface area (Å²) in [6.45, 7) is 5.18. The molecule has 0 saturated heterocycles. The van der Waals surface area contributed by atoms with E-state index in [1.165, 1.54) is 29.2 Å². The van der Waals surface area contributed by atoms with Gasteiger partial charge in [-0.05, 0) is 75.1 Å². The van der Waals surface area contributed by atoms with Crippen molar-refractivity contribution < 1.29 is 27.1 Å². The number of hydrogen-bond acceptors (Lipinski definition) is 5. The first-order valence-electron chi connectivity index (χ1n) is 14.8. The molecule has 1 fully saturated rings. The number of rotatable bonds is 13. The van der Waals surface area contributed by atoms with E-state index in [1.54, 1.807) is 55.5 Å². The van der Waals surface area contributed by atoms with Crippen LogP contribution in [0, 0.1) is 12.7 Å². The van der Waals surface area contributed by atoms with Crippen LogP contribution < -0.4 is 14.4 Å². The van der Waals surface area contributed by atoms with Crippen molar-refractivity contribution in [3.8, 4) is 5.75 Å². The van der Waals surface area contributed by atoms with Crippen LogP contribution in [0.1, 0.15) is 57.1 Å². The average molecular weight is 610 g/mol. The number of benzene rings is 3. The van der Waals surface area contributed by atoms with Crippen LogP contribution in [0.25, 0.3) is 0 Å². The van der Waals surface area contributed by atoms with E-state index >= 15 is 0 Å². The van der Waals surface area contributed by atoms with E-state index < -0.39 is 34.3 Å². The summed E-state index contributed by atoms with van der Waals surface area (Å²) in [6.07, 6.45) is 4.14. The number of amides is 2. The highest BCUT2D eigenvalue weighted by Gasteiger charge is 2.35. The first kappa shape index (κ1) is 32.0. The van der Waals surface area contributed by atoms with Gasteiger partial charge in [0.05, 0.1) is 17.2 Å². The van der Waals surface area contributed by atoms with Gasteiger partial charge in [-0.1, -0.05) is 61.7 Å². The lowest BCUT2D eigenvalue weighted by molar-refractivity contribution is -0.140. The quantitative estimate of drug-likeness (QED) is 0.273. The van der Waals surface area contributed by atoms with Crippen LogP contribution in [0.15, 0.2) is 77.7 Å². The van der Waals surface area contributed by atoms with Gasteiger partial charge in [0.25, 0.3) is 10.0 Å². The molecule has 230 valence electrons. The zero-order chi connectivity index (χ0) is 31.0. The molecule has 1 N–H and O–H groups in total. The third-order valence-corrected chi connectivity index (χ3v) is 9.45. The molecule has 1 atom stereocenters. The second-order valence-electron chi connectivity index (χ2n) is 10.8. The van der Waals surface area contributed by atoms with Crippen LogP contribution in [0.2, 0.25) is 0 Å². The summed E-state index contributed by atoms with van der Waals surface area (Å²) in [7, 11) is -4.23. The Balaban J connectivity index is 1.75. The van der Waals surface area contributed by atoms with Crippen molar-refractivity contribution in [3.05, 3.63) is 89.7 Å². The highest BCUT2D eigenvalue weighted by molar-refractivity contribution is 7.92. The Kier molecular flexibility index (Phi) is 10.8. The molecule has 0 heterocycles. The minimum Gasteiger partial charge on any atom is -0.492 e. The first-order valence-corrected chi connectivity index (χ1v) is 16.2. The third-order valence-electron chi connectivity index (χ3n) is 7.68. The molecule has 0 aliphatic heterocycles. The van der Waals surface area contributed by atoms with Crippen LogP contribution in [-0.2, 0) is 26.2 Å². The zero-order valence-electron chi connectivity index (χ0n) is 25.0. The Bertz CT molecular complexity index is 1490. The topological polar surface area (TPSA) is 96.0 Å². The Morgan fingerprint density at radius 3 is 2.26 bits per heavy atom. The number of hydrogen-bond donors (Lipinski definition) is 1. The molecule has 2 amide bonds. The maximum absolute atomic E-state index is 14.3. The molecule has 0 aromatic heterocycles. The molecule has 10 heteroatoms. The summed E-state index contributed by atoms with van der Waals surface area (Å²) in [5.41, 5.74) is 1.72. The average Bonchev–Trinajstić information content (AvgIpc) is 3.50. The SMILES string of the molecule is CCOc1ccccc1N(CC(=O)N(Cc1ccc(F)cc1)[C@H](CC)C(=O)NC1CCCC1)S(=O)(=O)c1ccc(C)cc1. The summed E-state index contributed by atoms with van der Waals surface area (Å²) < 4.78 is 48.8. The molecule has 0 unspecified atom stereocenters. The Labute approximate surface area is 253 Å². The van der Waals surface area contributed by atoms with Crippen LogP contribution in [0.3, 0.4) is 0 Å². The number of carbonyl (C=O) groups is 2. The molecule has 3 aromatic carbocycles. The van der Waals surface area contributed by atoms with Crippen molar-refractivity contribution in [2.24, 2.45) is 0 Å². The van der Waals surface area contributed by atoms with Gasteiger partial charge in [0.1, 0.15) is 24.2 Å². The van der Waals surface area contributed by atoms with Crippen molar-refractivity contribution in [2.75, 3.05) is 17.5 Å². The number of carbonyl (C=O) groups excluding carboxylic acids is 2. The summed E-state index contributed by atoms with van der Waals surface area (Å²) in [5.74, 6) is -0.965. The molecular weight excluding hydrogens is 569 g/mol. The number of ether oxygens (including phenoxy) is 1. The van der Waals surface area contributed by atoms with Gasteiger partial charge in [-0.15, -0.1) is 0 Å². The monoisotopic (exact) mass is 609 g/mol.